The Kier molecular flexibility index (Phi) is 4.90. The molecule has 0 saturated carbocycles. The Labute approximate surface area is 170 Å². The number of hydrogen-bond donors (Lipinski definition) is 1. The van der Waals surface area contributed by atoms with E-state index in [2.05, 4.69) is 0 Å². The lowest BCUT2D eigenvalue weighted by Gasteiger charge is -2.24. The summed E-state index contributed by atoms with van der Waals surface area (Å²) in [6.45, 7) is 0. The van der Waals surface area contributed by atoms with Gasteiger partial charge in [0, 0.05) is 16.1 Å². The first-order valence-electron chi connectivity index (χ1n) is 8.75. The SMILES string of the molecule is COc1ccc(N2C(=O)C(=O)/C(=C(\O)c3ccc(F)cc3)C2c2cccs2)cc1. The van der Waals surface area contributed by atoms with E-state index in [9.17, 15) is 19.1 Å². The summed E-state index contributed by atoms with van der Waals surface area (Å²) >= 11 is 1.37. The normalized spacial score (nSPS) is 18.3. The van der Waals surface area contributed by atoms with Gasteiger partial charge in [-0.2, -0.15) is 0 Å². The predicted molar refractivity (Wildman–Crippen MR) is 108 cm³/mol. The van der Waals surface area contributed by atoms with Crippen molar-refractivity contribution in [1.82, 2.24) is 0 Å². The number of halogens is 1. The summed E-state index contributed by atoms with van der Waals surface area (Å²) < 4.78 is 18.4. The number of methoxy groups -OCH3 is 1. The van der Waals surface area contributed by atoms with Crippen molar-refractivity contribution in [1.29, 1.82) is 0 Å². The molecule has 146 valence electrons. The molecule has 7 heteroatoms. The van der Waals surface area contributed by atoms with Crippen LogP contribution in [0, 0.1) is 5.82 Å². The van der Waals surface area contributed by atoms with Crippen molar-refractivity contribution in [3.8, 4) is 5.75 Å². The van der Waals surface area contributed by atoms with Gasteiger partial charge < -0.3 is 9.84 Å². The second-order valence-corrected chi connectivity index (χ2v) is 7.37. The number of anilines is 1. The van der Waals surface area contributed by atoms with Gasteiger partial charge in [-0.15, -0.1) is 11.3 Å². The smallest absolute Gasteiger partial charge is 0.300 e. The number of carbonyl (C=O) groups excluding carboxylic acids is 2. The Bertz CT molecular complexity index is 1090. The topological polar surface area (TPSA) is 66.8 Å². The molecule has 1 saturated heterocycles. The first-order valence-corrected chi connectivity index (χ1v) is 9.63. The highest BCUT2D eigenvalue weighted by Gasteiger charge is 2.47. The average molecular weight is 409 g/mol. The number of Topliss-reactive ketones (excluding diaryl/α,β-unsaturated/α-hetero) is 1. The van der Waals surface area contributed by atoms with Crippen LogP contribution in [0.15, 0.2) is 71.6 Å². The van der Waals surface area contributed by atoms with Gasteiger partial charge >= 0.3 is 0 Å². The second-order valence-electron chi connectivity index (χ2n) is 6.39. The monoisotopic (exact) mass is 409 g/mol. The van der Waals surface area contributed by atoms with E-state index in [4.69, 9.17) is 4.74 Å². The third-order valence-electron chi connectivity index (χ3n) is 4.73. The maximum absolute atomic E-state index is 13.3. The molecule has 5 nitrogen and oxygen atoms in total. The van der Waals surface area contributed by atoms with Crippen molar-refractivity contribution in [3.63, 3.8) is 0 Å². The standard InChI is InChI=1S/C22H16FNO4S/c1-28-16-10-8-15(9-11-16)24-19(17-3-2-12-29-17)18(21(26)22(24)27)20(25)13-4-6-14(23)7-5-13/h2-12,19,25H,1H3/b20-18-. The molecule has 2 heterocycles. The number of carbonyl (C=O) groups is 2. The van der Waals surface area contributed by atoms with Gasteiger partial charge in [0.2, 0.25) is 0 Å². The van der Waals surface area contributed by atoms with Crippen LogP contribution in [0.2, 0.25) is 0 Å². The lowest BCUT2D eigenvalue weighted by atomic mass is 9.99. The summed E-state index contributed by atoms with van der Waals surface area (Å²) in [7, 11) is 1.54. The van der Waals surface area contributed by atoms with Crippen molar-refractivity contribution >= 4 is 34.5 Å². The molecule has 0 aliphatic carbocycles. The highest BCUT2D eigenvalue weighted by atomic mass is 32.1. The number of ether oxygens (including phenoxy) is 1. The molecule has 1 aliphatic heterocycles. The lowest BCUT2D eigenvalue weighted by Crippen LogP contribution is -2.29. The molecule has 3 aromatic rings. The van der Waals surface area contributed by atoms with Crippen LogP contribution in [0.5, 0.6) is 5.75 Å². The number of rotatable bonds is 4. The quantitative estimate of drug-likeness (QED) is 0.391. The van der Waals surface area contributed by atoms with E-state index in [0.29, 0.717) is 11.4 Å². The largest absolute Gasteiger partial charge is 0.507 e. The van der Waals surface area contributed by atoms with E-state index < -0.39 is 23.5 Å². The number of aliphatic hydroxyl groups is 1. The predicted octanol–water partition coefficient (Wildman–Crippen LogP) is 4.52. The van der Waals surface area contributed by atoms with Crippen molar-refractivity contribution < 1.29 is 23.8 Å². The number of thiophene rings is 1. The number of ketones is 1. The minimum absolute atomic E-state index is 0.0279. The van der Waals surface area contributed by atoms with Crippen LogP contribution >= 0.6 is 11.3 Å². The van der Waals surface area contributed by atoms with Crippen LogP contribution in [0.3, 0.4) is 0 Å². The van der Waals surface area contributed by atoms with Crippen LogP contribution in [0.1, 0.15) is 16.5 Å². The first-order chi connectivity index (χ1) is 14.0. The maximum Gasteiger partial charge on any atom is 0.300 e. The molecule has 2 aromatic carbocycles. The van der Waals surface area contributed by atoms with Gasteiger partial charge in [-0.05, 0) is 60.0 Å². The molecule has 1 amide bonds. The van der Waals surface area contributed by atoms with Crippen LogP contribution in [0.25, 0.3) is 5.76 Å². The molecule has 0 radical (unpaired) electrons. The molecular formula is C22H16FNO4S. The average Bonchev–Trinajstić information content (AvgIpc) is 3.35. The van der Waals surface area contributed by atoms with Gasteiger partial charge in [-0.1, -0.05) is 6.07 Å². The molecule has 1 atom stereocenters. The molecule has 1 unspecified atom stereocenters. The summed E-state index contributed by atoms with van der Waals surface area (Å²) in [4.78, 5) is 27.9. The zero-order chi connectivity index (χ0) is 20.5. The third-order valence-corrected chi connectivity index (χ3v) is 5.65. The summed E-state index contributed by atoms with van der Waals surface area (Å²) in [6.07, 6.45) is 0. The number of nitrogens with zero attached hydrogens (tertiary/aromatic N) is 1. The van der Waals surface area contributed by atoms with Crippen LogP contribution in [0.4, 0.5) is 10.1 Å². The van der Waals surface area contributed by atoms with E-state index in [1.54, 1.807) is 30.3 Å². The summed E-state index contributed by atoms with van der Waals surface area (Å²) in [6, 6.07) is 14.7. The molecule has 1 aliphatic rings. The first kappa shape index (κ1) is 18.9. The van der Waals surface area contributed by atoms with Gasteiger partial charge in [0.1, 0.15) is 23.4 Å². The molecule has 1 aromatic heterocycles. The van der Waals surface area contributed by atoms with Crippen LogP contribution in [-0.2, 0) is 9.59 Å². The maximum atomic E-state index is 13.3. The van der Waals surface area contributed by atoms with Gasteiger partial charge in [0.05, 0.1) is 12.7 Å². The van der Waals surface area contributed by atoms with Gasteiger partial charge in [0.25, 0.3) is 11.7 Å². The van der Waals surface area contributed by atoms with Gasteiger partial charge in [-0.3, -0.25) is 14.5 Å². The highest BCUT2D eigenvalue weighted by molar-refractivity contribution is 7.10. The van der Waals surface area contributed by atoms with Crippen molar-refractivity contribution in [2.45, 2.75) is 6.04 Å². The summed E-state index contributed by atoms with van der Waals surface area (Å²) in [5.41, 5.74) is 0.741. The minimum atomic E-state index is -0.791. The van der Waals surface area contributed by atoms with Crippen LogP contribution in [-0.4, -0.2) is 23.9 Å². The number of benzene rings is 2. The van der Waals surface area contributed by atoms with E-state index in [-0.39, 0.29) is 16.9 Å². The molecule has 0 bridgehead atoms. The van der Waals surface area contributed by atoms with Crippen molar-refractivity contribution in [3.05, 3.63) is 87.9 Å². The fraction of sp³-hybridized carbons (Fsp3) is 0.0909. The van der Waals surface area contributed by atoms with Crippen LogP contribution < -0.4 is 9.64 Å². The second kappa shape index (κ2) is 7.52. The highest BCUT2D eigenvalue weighted by Crippen LogP contribution is 2.43. The Morgan fingerprint density at radius 2 is 1.76 bits per heavy atom. The van der Waals surface area contributed by atoms with E-state index in [0.717, 1.165) is 4.88 Å². The molecule has 1 N–H and O–H groups in total. The molecule has 29 heavy (non-hydrogen) atoms. The summed E-state index contributed by atoms with van der Waals surface area (Å²) in [5.74, 6) is -1.71. The van der Waals surface area contributed by atoms with Crippen molar-refractivity contribution in [2.75, 3.05) is 12.0 Å². The zero-order valence-corrected chi connectivity index (χ0v) is 16.2. The molecule has 4 rings (SSSR count). The zero-order valence-electron chi connectivity index (χ0n) is 15.3. The number of hydrogen-bond acceptors (Lipinski definition) is 5. The fourth-order valence-electron chi connectivity index (χ4n) is 3.32. The Hall–Kier alpha value is -3.45. The van der Waals surface area contributed by atoms with E-state index in [1.807, 2.05) is 11.4 Å². The fourth-order valence-corrected chi connectivity index (χ4v) is 4.14. The van der Waals surface area contributed by atoms with E-state index >= 15 is 0 Å². The number of amides is 1. The lowest BCUT2D eigenvalue weighted by molar-refractivity contribution is -0.132. The Morgan fingerprint density at radius 3 is 2.34 bits per heavy atom. The Morgan fingerprint density at radius 1 is 1.07 bits per heavy atom. The summed E-state index contributed by atoms with van der Waals surface area (Å²) in [5, 5.41) is 12.7. The van der Waals surface area contributed by atoms with Gasteiger partial charge in [0.15, 0.2) is 0 Å². The van der Waals surface area contributed by atoms with E-state index in [1.165, 1.54) is 47.6 Å². The minimum Gasteiger partial charge on any atom is -0.507 e. The van der Waals surface area contributed by atoms with Gasteiger partial charge in [-0.25, -0.2) is 4.39 Å². The molecular weight excluding hydrogens is 393 g/mol. The van der Waals surface area contributed by atoms with Crippen molar-refractivity contribution in [2.24, 2.45) is 0 Å². The third kappa shape index (κ3) is 3.30. The molecule has 0 spiro atoms. The number of aliphatic hydroxyl groups excluding tert-OH is 1. The molecule has 1 fully saturated rings. The Balaban J connectivity index is 1.88.